The maximum atomic E-state index is 12.0. The average molecular weight is 273 g/mol. The van der Waals surface area contributed by atoms with Crippen molar-refractivity contribution < 1.29 is 9.59 Å². The molecule has 0 aliphatic heterocycles. The topological polar surface area (TPSA) is 58.0 Å². The summed E-state index contributed by atoms with van der Waals surface area (Å²) >= 11 is 0. The second-order valence-electron chi connectivity index (χ2n) is 5.37. The molecule has 0 fully saturated rings. The first kappa shape index (κ1) is 12.0. The summed E-state index contributed by atoms with van der Waals surface area (Å²) in [6.07, 6.45) is 0.239. The van der Waals surface area contributed by atoms with Crippen molar-refractivity contribution in [1.82, 2.24) is 0 Å². The molecular formula is C18H11NO2. The second-order valence-corrected chi connectivity index (χ2v) is 5.37. The Bertz CT molecular complexity index is 970. The van der Waals surface area contributed by atoms with Crippen LogP contribution in [0.1, 0.15) is 15.9 Å². The Hall–Kier alpha value is -2.81. The Morgan fingerprint density at radius 2 is 1.38 bits per heavy atom. The molecule has 4 rings (SSSR count). The zero-order valence-corrected chi connectivity index (χ0v) is 11.1. The fourth-order valence-corrected chi connectivity index (χ4v) is 2.93. The highest BCUT2D eigenvalue weighted by Crippen LogP contribution is 2.28. The summed E-state index contributed by atoms with van der Waals surface area (Å²) in [5.74, 6) is -1.24. The van der Waals surface area contributed by atoms with E-state index in [4.69, 9.17) is 5.41 Å². The molecule has 1 aliphatic carbocycles. The molecule has 1 N–H and O–H groups in total. The van der Waals surface area contributed by atoms with Gasteiger partial charge in [0.2, 0.25) is 11.6 Å². The van der Waals surface area contributed by atoms with E-state index in [-0.39, 0.29) is 12.1 Å². The standard InChI is InChI=1S/C18H11NO2/c19-16-9-14-7-12-5-10-3-1-2-4-11(10)6-13(12)8-15(14)17(20)18(16)21/h1-8,19H,9H2. The van der Waals surface area contributed by atoms with E-state index in [1.165, 1.54) is 0 Å². The van der Waals surface area contributed by atoms with Gasteiger partial charge in [0.05, 0.1) is 5.71 Å². The number of Topliss-reactive ketones (excluding diaryl/α,β-unsaturated/α-hetero) is 2. The summed E-state index contributed by atoms with van der Waals surface area (Å²) in [5, 5.41) is 11.8. The van der Waals surface area contributed by atoms with Gasteiger partial charge in [0, 0.05) is 12.0 Å². The molecule has 3 heteroatoms. The van der Waals surface area contributed by atoms with Crippen LogP contribution in [0.15, 0.2) is 48.5 Å². The highest BCUT2D eigenvalue weighted by Gasteiger charge is 2.29. The first-order chi connectivity index (χ1) is 10.1. The van der Waals surface area contributed by atoms with Crippen molar-refractivity contribution in [3.8, 4) is 0 Å². The molecule has 0 heterocycles. The minimum Gasteiger partial charge on any atom is -0.301 e. The lowest BCUT2D eigenvalue weighted by Gasteiger charge is -2.16. The van der Waals surface area contributed by atoms with Crippen LogP contribution < -0.4 is 0 Å². The van der Waals surface area contributed by atoms with Crippen LogP contribution in [0.25, 0.3) is 21.5 Å². The number of fused-ring (bicyclic) bond motifs is 3. The summed E-state index contributed by atoms with van der Waals surface area (Å²) < 4.78 is 0. The molecule has 3 nitrogen and oxygen atoms in total. The van der Waals surface area contributed by atoms with Gasteiger partial charge in [-0.2, -0.15) is 0 Å². The Balaban J connectivity index is 2.05. The molecule has 0 radical (unpaired) electrons. The molecule has 0 amide bonds. The Morgan fingerprint density at radius 1 is 0.762 bits per heavy atom. The Morgan fingerprint density at radius 3 is 2.05 bits per heavy atom. The van der Waals surface area contributed by atoms with Crippen LogP contribution in [0.5, 0.6) is 0 Å². The van der Waals surface area contributed by atoms with E-state index in [0.717, 1.165) is 27.1 Å². The minimum atomic E-state index is -0.678. The first-order valence-corrected chi connectivity index (χ1v) is 6.75. The van der Waals surface area contributed by atoms with Gasteiger partial charge in [-0.3, -0.25) is 9.59 Å². The SMILES string of the molecule is N=C1Cc2cc3cc4ccccc4cc3cc2C(=O)C1=O. The fourth-order valence-electron chi connectivity index (χ4n) is 2.93. The molecule has 21 heavy (non-hydrogen) atoms. The van der Waals surface area contributed by atoms with Crippen LogP contribution in [0.3, 0.4) is 0 Å². The number of ketones is 2. The van der Waals surface area contributed by atoms with E-state index in [1.54, 1.807) is 6.07 Å². The summed E-state index contributed by atoms with van der Waals surface area (Å²) in [6.45, 7) is 0. The lowest BCUT2D eigenvalue weighted by Crippen LogP contribution is -2.31. The molecule has 0 aromatic heterocycles. The molecule has 0 spiro atoms. The van der Waals surface area contributed by atoms with Gasteiger partial charge in [0.25, 0.3) is 0 Å². The number of benzene rings is 3. The summed E-state index contributed by atoms with van der Waals surface area (Å²) in [7, 11) is 0. The molecule has 0 saturated carbocycles. The van der Waals surface area contributed by atoms with Crippen molar-refractivity contribution in [1.29, 1.82) is 5.41 Å². The molecule has 0 atom stereocenters. The summed E-state index contributed by atoms with van der Waals surface area (Å²) in [4.78, 5) is 23.7. The normalized spacial score (nSPS) is 14.8. The first-order valence-electron chi connectivity index (χ1n) is 6.75. The van der Waals surface area contributed by atoms with Gasteiger partial charge in [0.15, 0.2) is 0 Å². The van der Waals surface area contributed by atoms with E-state index in [2.05, 4.69) is 6.07 Å². The Kier molecular flexibility index (Phi) is 2.33. The van der Waals surface area contributed by atoms with E-state index in [1.807, 2.05) is 36.4 Å². The highest BCUT2D eigenvalue weighted by molar-refractivity contribution is 6.69. The third-order valence-corrected chi connectivity index (χ3v) is 4.02. The smallest absolute Gasteiger partial charge is 0.247 e. The van der Waals surface area contributed by atoms with Gasteiger partial charge < -0.3 is 5.41 Å². The van der Waals surface area contributed by atoms with Crippen LogP contribution in [0.4, 0.5) is 0 Å². The third-order valence-electron chi connectivity index (χ3n) is 4.02. The van der Waals surface area contributed by atoms with Crippen molar-refractivity contribution in [2.24, 2.45) is 0 Å². The third kappa shape index (κ3) is 1.71. The van der Waals surface area contributed by atoms with E-state index < -0.39 is 11.6 Å². The maximum Gasteiger partial charge on any atom is 0.247 e. The quantitative estimate of drug-likeness (QED) is 0.504. The van der Waals surface area contributed by atoms with Crippen molar-refractivity contribution in [2.45, 2.75) is 6.42 Å². The molecule has 1 aliphatic rings. The van der Waals surface area contributed by atoms with Crippen molar-refractivity contribution in [2.75, 3.05) is 0 Å². The van der Waals surface area contributed by atoms with E-state index >= 15 is 0 Å². The van der Waals surface area contributed by atoms with Crippen LogP contribution in [-0.2, 0) is 11.2 Å². The van der Waals surface area contributed by atoms with Gasteiger partial charge in [-0.05, 0) is 51.4 Å². The number of hydrogen-bond donors (Lipinski definition) is 1. The zero-order chi connectivity index (χ0) is 14.6. The van der Waals surface area contributed by atoms with E-state index in [9.17, 15) is 9.59 Å². The van der Waals surface area contributed by atoms with Gasteiger partial charge in [-0.25, -0.2) is 0 Å². The maximum absolute atomic E-state index is 12.0. The van der Waals surface area contributed by atoms with Crippen LogP contribution in [0, 0.1) is 5.41 Å². The lowest BCUT2D eigenvalue weighted by molar-refractivity contribution is -0.109. The summed E-state index contributed by atoms with van der Waals surface area (Å²) in [5.41, 5.74) is 1.10. The lowest BCUT2D eigenvalue weighted by atomic mass is 9.86. The minimum absolute atomic E-state index is 0.118. The number of hydrogen-bond acceptors (Lipinski definition) is 3. The average Bonchev–Trinajstić information content (AvgIpc) is 2.49. The van der Waals surface area contributed by atoms with Gasteiger partial charge in [-0.15, -0.1) is 0 Å². The monoisotopic (exact) mass is 273 g/mol. The van der Waals surface area contributed by atoms with Gasteiger partial charge >= 0.3 is 0 Å². The predicted octanol–water partition coefficient (Wildman–Crippen LogP) is 3.32. The number of carbonyl (C=O) groups excluding carboxylic acids is 2. The zero-order valence-electron chi connectivity index (χ0n) is 11.1. The largest absolute Gasteiger partial charge is 0.301 e. The summed E-state index contributed by atoms with van der Waals surface area (Å²) in [6, 6.07) is 15.9. The molecule has 0 unspecified atom stereocenters. The molecule has 3 aromatic carbocycles. The predicted molar refractivity (Wildman–Crippen MR) is 82.2 cm³/mol. The van der Waals surface area contributed by atoms with Gasteiger partial charge in [0.1, 0.15) is 0 Å². The number of nitrogens with one attached hydrogen (secondary N) is 1. The number of carbonyl (C=O) groups is 2. The fraction of sp³-hybridized carbons (Fsp3) is 0.0556. The van der Waals surface area contributed by atoms with E-state index in [0.29, 0.717) is 5.56 Å². The number of rotatable bonds is 0. The van der Waals surface area contributed by atoms with Crippen LogP contribution in [0.2, 0.25) is 0 Å². The van der Waals surface area contributed by atoms with Gasteiger partial charge in [-0.1, -0.05) is 24.3 Å². The van der Waals surface area contributed by atoms with Crippen molar-refractivity contribution in [3.05, 3.63) is 59.7 Å². The van der Waals surface area contributed by atoms with Crippen LogP contribution >= 0.6 is 0 Å². The molecule has 3 aromatic rings. The second kappa shape index (κ2) is 4.09. The molecule has 0 saturated heterocycles. The highest BCUT2D eigenvalue weighted by atomic mass is 16.2. The van der Waals surface area contributed by atoms with Crippen LogP contribution in [-0.4, -0.2) is 17.3 Å². The Labute approximate surface area is 120 Å². The molecule has 100 valence electrons. The molecule has 0 bridgehead atoms. The van der Waals surface area contributed by atoms with Crippen molar-refractivity contribution in [3.63, 3.8) is 0 Å². The molecular weight excluding hydrogens is 262 g/mol. The van der Waals surface area contributed by atoms with Crippen molar-refractivity contribution >= 4 is 38.8 Å².